The summed E-state index contributed by atoms with van der Waals surface area (Å²) in [6, 6.07) is 67.9. The number of fused-ring (bicyclic) bond motifs is 8. The van der Waals surface area contributed by atoms with Crippen molar-refractivity contribution in [2.45, 2.75) is 19.3 Å². The predicted molar refractivity (Wildman–Crippen MR) is 239 cm³/mol. The lowest BCUT2D eigenvalue weighted by Gasteiger charge is -2.28. The first-order valence-corrected chi connectivity index (χ1v) is 19.8. The molecule has 5 nitrogen and oxygen atoms in total. The van der Waals surface area contributed by atoms with Gasteiger partial charge >= 0.3 is 5.69 Å². The van der Waals surface area contributed by atoms with Gasteiger partial charge in [0.05, 0.1) is 22.2 Å². The van der Waals surface area contributed by atoms with E-state index in [1.165, 1.54) is 33.4 Å². The van der Waals surface area contributed by atoms with E-state index in [4.69, 9.17) is 4.98 Å². The van der Waals surface area contributed by atoms with Gasteiger partial charge in [-0.25, -0.2) is 14.2 Å². The molecule has 0 aliphatic heterocycles. The molecule has 0 saturated heterocycles. The van der Waals surface area contributed by atoms with Gasteiger partial charge in [0.1, 0.15) is 0 Å². The van der Waals surface area contributed by atoms with Gasteiger partial charge < -0.3 is 4.90 Å². The van der Waals surface area contributed by atoms with Gasteiger partial charge in [-0.1, -0.05) is 135 Å². The highest BCUT2D eigenvalue weighted by molar-refractivity contribution is 5.99. The van der Waals surface area contributed by atoms with Gasteiger partial charge in [-0.15, -0.1) is 0 Å². The van der Waals surface area contributed by atoms with Crippen LogP contribution < -0.4 is 10.6 Å². The normalized spacial score (nSPS) is 12.9. The van der Waals surface area contributed by atoms with Crippen LogP contribution in [0.5, 0.6) is 0 Å². The maximum atomic E-state index is 14.4. The molecule has 11 rings (SSSR count). The minimum absolute atomic E-state index is 0.125. The van der Waals surface area contributed by atoms with Crippen molar-refractivity contribution in [3.05, 3.63) is 216 Å². The smallest absolute Gasteiger partial charge is 0.310 e. The van der Waals surface area contributed by atoms with Crippen LogP contribution in [0.25, 0.3) is 66.7 Å². The first kappa shape index (κ1) is 33.8. The summed E-state index contributed by atoms with van der Waals surface area (Å²) < 4.78 is 3.54. The number of para-hydroxylation sites is 3. The number of nitrogens with zero attached hydrogens (tertiary/aromatic N) is 4. The zero-order valence-corrected chi connectivity index (χ0v) is 32.2. The predicted octanol–water partition coefficient (Wildman–Crippen LogP) is 12.9. The van der Waals surface area contributed by atoms with Crippen LogP contribution in [0, 0.1) is 0 Å². The van der Waals surface area contributed by atoms with Gasteiger partial charge in [0, 0.05) is 27.9 Å². The number of rotatable bonds is 6. The number of hydrogen-bond donors (Lipinski definition) is 0. The molecule has 0 saturated carbocycles. The van der Waals surface area contributed by atoms with E-state index in [2.05, 4.69) is 158 Å². The number of benzene rings is 8. The SMILES string of the molecule is CC1(C)c2ccccc2-c2ccc(N(c3ccc(-c4ccccc4)cc3)c3ccc(-c4ccc5c(c4)n(-c4ccccc4)c(=O)n4c6ccccc6nc54)cc3)cc21. The topological polar surface area (TPSA) is 42.5 Å². The molecule has 2 aromatic heterocycles. The zero-order valence-electron chi connectivity index (χ0n) is 32.2. The lowest BCUT2D eigenvalue weighted by atomic mass is 9.82. The summed E-state index contributed by atoms with van der Waals surface area (Å²) in [6.45, 7) is 4.66. The minimum Gasteiger partial charge on any atom is -0.310 e. The van der Waals surface area contributed by atoms with Gasteiger partial charge in [0.15, 0.2) is 5.65 Å². The number of hydrogen-bond acceptors (Lipinski definition) is 3. The summed E-state index contributed by atoms with van der Waals surface area (Å²) >= 11 is 0. The highest BCUT2D eigenvalue weighted by Gasteiger charge is 2.35. The fraction of sp³-hybridized carbons (Fsp3) is 0.0566. The molecule has 10 aromatic rings. The van der Waals surface area contributed by atoms with E-state index in [0.29, 0.717) is 5.65 Å². The second-order valence-corrected chi connectivity index (χ2v) is 15.6. The van der Waals surface area contributed by atoms with Crippen LogP contribution in [0.1, 0.15) is 25.0 Å². The maximum Gasteiger partial charge on any atom is 0.339 e. The number of anilines is 3. The molecule has 0 atom stereocenters. The Morgan fingerprint density at radius 2 is 1.05 bits per heavy atom. The minimum atomic E-state index is -0.149. The van der Waals surface area contributed by atoms with Crippen molar-refractivity contribution in [3.63, 3.8) is 0 Å². The van der Waals surface area contributed by atoms with Crippen molar-refractivity contribution in [2.24, 2.45) is 0 Å². The molecular weight excluding hydrogens is 709 g/mol. The third-order valence-corrected chi connectivity index (χ3v) is 12.0. The van der Waals surface area contributed by atoms with E-state index in [1.807, 2.05) is 59.2 Å². The van der Waals surface area contributed by atoms with E-state index in [0.717, 1.165) is 55.8 Å². The van der Waals surface area contributed by atoms with E-state index >= 15 is 0 Å². The molecule has 0 bridgehead atoms. The number of aromatic nitrogens is 3. The van der Waals surface area contributed by atoms with Gasteiger partial charge in [-0.3, -0.25) is 4.57 Å². The van der Waals surface area contributed by atoms with Crippen molar-refractivity contribution in [2.75, 3.05) is 4.90 Å². The lowest BCUT2D eigenvalue weighted by molar-refractivity contribution is 0.660. The Hall–Kier alpha value is -7.50. The molecule has 2 heterocycles. The van der Waals surface area contributed by atoms with Crippen molar-refractivity contribution < 1.29 is 0 Å². The average molecular weight is 747 g/mol. The molecule has 0 amide bonds. The standard InChI is InChI=1S/C53H38N4O/c1-53(2)46-18-10-9-17-43(46)44-32-30-42(34-47(44)53)55(40-26-21-36(22-27-40)35-13-5-3-6-14-35)41-28-23-37(24-29-41)38-25-31-45-50(33-38)56(39-15-7-4-8-16-39)52(58)57-49-20-12-11-19-48(49)54-51(45)57/h3-34H,1-2H3. The second-order valence-electron chi connectivity index (χ2n) is 15.6. The number of imidazole rings is 1. The zero-order chi connectivity index (χ0) is 39.0. The molecule has 0 unspecified atom stereocenters. The fourth-order valence-corrected chi connectivity index (χ4v) is 9.03. The third kappa shape index (κ3) is 5.24. The van der Waals surface area contributed by atoms with Crippen LogP contribution in [-0.2, 0) is 5.41 Å². The summed E-state index contributed by atoms with van der Waals surface area (Å²) in [7, 11) is 0. The van der Waals surface area contributed by atoms with Crippen molar-refractivity contribution in [1.29, 1.82) is 0 Å². The Kier molecular flexibility index (Phi) is 7.60. The quantitative estimate of drug-likeness (QED) is 0.170. The van der Waals surface area contributed by atoms with Crippen molar-refractivity contribution in [1.82, 2.24) is 14.0 Å². The first-order valence-electron chi connectivity index (χ1n) is 19.8. The molecule has 276 valence electrons. The summed E-state index contributed by atoms with van der Waals surface area (Å²) in [5.41, 5.74) is 16.6. The second kappa shape index (κ2) is 13.0. The van der Waals surface area contributed by atoms with E-state index in [1.54, 1.807) is 4.40 Å². The molecule has 8 aromatic carbocycles. The molecule has 0 N–H and O–H groups in total. The van der Waals surface area contributed by atoms with Gasteiger partial charge in [0.25, 0.3) is 0 Å². The first-order chi connectivity index (χ1) is 28.4. The van der Waals surface area contributed by atoms with Crippen LogP contribution >= 0.6 is 0 Å². The van der Waals surface area contributed by atoms with E-state index in [-0.39, 0.29) is 11.1 Å². The molecule has 0 fully saturated rings. The third-order valence-electron chi connectivity index (χ3n) is 12.0. The van der Waals surface area contributed by atoms with Crippen LogP contribution in [0.4, 0.5) is 17.1 Å². The molecule has 1 aliphatic rings. The highest BCUT2D eigenvalue weighted by Crippen LogP contribution is 2.50. The molecule has 0 spiro atoms. The lowest BCUT2D eigenvalue weighted by Crippen LogP contribution is -2.25. The van der Waals surface area contributed by atoms with Crippen LogP contribution in [0.3, 0.4) is 0 Å². The molecular formula is C53H38N4O. The monoisotopic (exact) mass is 746 g/mol. The Balaban J connectivity index is 1.04. The summed E-state index contributed by atoms with van der Waals surface area (Å²) in [5.74, 6) is 0. The highest BCUT2D eigenvalue weighted by atomic mass is 16.1. The molecule has 58 heavy (non-hydrogen) atoms. The largest absolute Gasteiger partial charge is 0.339 e. The van der Waals surface area contributed by atoms with Gasteiger partial charge in [0.2, 0.25) is 0 Å². The van der Waals surface area contributed by atoms with Gasteiger partial charge in [-0.05, 0) is 117 Å². The Labute approximate surface area is 336 Å². The van der Waals surface area contributed by atoms with Gasteiger partial charge in [-0.2, -0.15) is 0 Å². The summed E-state index contributed by atoms with van der Waals surface area (Å²) in [5, 5.41) is 0.909. The van der Waals surface area contributed by atoms with Crippen LogP contribution in [0.2, 0.25) is 0 Å². The summed E-state index contributed by atoms with van der Waals surface area (Å²) in [4.78, 5) is 21.7. The van der Waals surface area contributed by atoms with Crippen molar-refractivity contribution >= 4 is 44.6 Å². The van der Waals surface area contributed by atoms with E-state index in [9.17, 15) is 4.79 Å². The van der Waals surface area contributed by atoms with Crippen LogP contribution in [-0.4, -0.2) is 14.0 Å². The Morgan fingerprint density at radius 1 is 0.483 bits per heavy atom. The maximum absolute atomic E-state index is 14.4. The summed E-state index contributed by atoms with van der Waals surface area (Å²) in [6.07, 6.45) is 0. The Bertz CT molecular complexity index is 3250. The molecule has 1 aliphatic carbocycles. The van der Waals surface area contributed by atoms with E-state index < -0.39 is 0 Å². The fourth-order valence-electron chi connectivity index (χ4n) is 9.03. The van der Waals surface area contributed by atoms with Crippen molar-refractivity contribution in [3.8, 4) is 39.1 Å². The Morgan fingerprint density at radius 3 is 1.79 bits per heavy atom. The van der Waals surface area contributed by atoms with Crippen LogP contribution in [0.15, 0.2) is 199 Å². The average Bonchev–Trinajstić information content (AvgIpc) is 3.78. The molecule has 5 heteroatoms. The molecule has 0 radical (unpaired) electrons.